The molecule has 0 bridgehead atoms. The van der Waals surface area contributed by atoms with Crippen molar-refractivity contribution >= 4 is 11.8 Å². The highest BCUT2D eigenvalue weighted by atomic mass is 16.6. The van der Waals surface area contributed by atoms with Gasteiger partial charge in [-0.05, 0) is 32.9 Å². The molecule has 1 aromatic rings. The van der Waals surface area contributed by atoms with Gasteiger partial charge in [-0.15, -0.1) is 0 Å². The molecular weight excluding hydrogens is 272 g/mol. The third kappa shape index (κ3) is 4.53. The Morgan fingerprint density at radius 3 is 2.52 bits per heavy atom. The second-order valence-corrected chi connectivity index (χ2v) is 5.89. The zero-order valence-electron chi connectivity index (χ0n) is 12.9. The molecule has 116 valence electrons. The predicted octanol–water partition coefficient (Wildman–Crippen LogP) is 2.39. The van der Waals surface area contributed by atoms with Crippen LogP contribution in [0.4, 0.5) is 10.5 Å². The summed E-state index contributed by atoms with van der Waals surface area (Å²) in [6, 6.07) is 5.24. The lowest BCUT2D eigenvalue weighted by Crippen LogP contribution is -2.50. The van der Waals surface area contributed by atoms with E-state index in [0.717, 1.165) is 13.1 Å². The number of carbonyl (C=O) groups is 1. The Bertz CT molecular complexity index is 507. The molecule has 0 spiro atoms. The number of nitrogens with one attached hydrogen (secondary N) is 2. The van der Waals surface area contributed by atoms with E-state index in [2.05, 4.69) is 10.6 Å². The highest BCUT2D eigenvalue weighted by Crippen LogP contribution is 2.31. The van der Waals surface area contributed by atoms with Gasteiger partial charge in [-0.2, -0.15) is 0 Å². The Morgan fingerprint density at radius 2 is 2.00 bits per heavy atom. The maximum Gasteiger partial charge on any atom is 0.412 e. The summed E-state index contributed by atoms with van der Waals surface area (Å²) < 4.78 is 16.3. The smallest absolute Gasteiger partial charge is 0.412 e. The molecule has 0 aliphatic carbocycles. The third-order valence-corrected chi connectivity index (χ3v) is 2.85. The largest absolute Gasteiger partial charge is 0.493 e. The van der Waals surface area contributed by atoms with Crippen LogP contribution >= 0.6 is 0 Å². The number of carbonyl (C=O) groups excluding carboxylic acids is 1. The van der Waals surface area contributed by atoms with Crippen molar-refractivity contribution in [1.29, 1.82) is 0 Å². The summed E-state index contributed by atoms with van der Waals surface area (Å²) in [6.45, 7) is 7.08. The highest BCUT2D eigenvalue weighted by molar-refractivity contribution is 5.85. The average molecular weight is 294 g/mol. The van der Waals surface area contributed by atoms with Crippen molar-refractivity contribution in [2.45, 2.75) is 32.5 Å². The molecule has 1 amide bonds. The average Bonchev–Trinajstić information content (AvgIpc) is 2.31. The lowest BCUT2D eigenvalue weighted by atomic mass is 10.2. The molecule has 0 aromatic heterocycles. The Hall–Kier alpha value is -1.95. The van der Waals surface area contributed by atoms with Gasteiger partial charge in [0.15, 0.2) is 11.5 Å². The molecule has 0 unspecified atom stereocenters. The quantitative estimate of drug-likeness (QED) is 0.892. The van der Waals surface area contributed by atoms with Crippen LogP contribution in [-0.2, 0) is 4.74 Å². The summed E-state index contributed by atoms with van der Waals surface area (Å²) in [5.74, 6) is 1.24. The minimum Gasteiger partial charge on any atom is -0.493 e. The number of amides is 1. The van der Waals surface area contributed by atoms with Crippen LogP contribution in [0.2, 0.25) is 0 Å². The Morgan fingerprint density at radius 1 is 1.29 bits per heavy atom. The first-order valence-electron chi connectivity index (χ1n) is 6.93. The van der Waals surface area contributed by atoms with E-state index in [1.807, 2.05) is 20.8 Å². The van der Waals surface area contributed by atoms with Gasteiger partial charge in [-0.25, -0.2) is 4.79 Å². The van der Waals surface area contributed by atoms with Gasteiger partial charge in [-0.3, -0.25) is 5.32 Å². The SMILES string of the molecule is COc1ccc(NC(=O)OC(C)(C)C)cc1OC1CNC1. The Balaban J connectivity index is 2.05. The van der Waals surface area contributed by atoms with E-state index < -0.39 is 11.7 Å². The number of benzene rings is 1. The molecular formula is C15H22N2O4. The Labute approximate surface area is 124 Å². The van der Waals surface area contributed by atoms with Crippen LogP contribution in [0.25, 0.3) is 0 Å². The molecule has 2 rings (SSSR count). The molecule has 1 heterocycles. The lowest BCUT2D eigenvalue weighted by Gasteiger charge is -2.28. The summed E-state index contributed by atoms with van der Waals surface area (Å²) >= 11 is 0. The molecule has 0 saturated carbocycles. The highest BCUT2D eigenvalue weighted by Gasteiger charge is 2.21. The van der Waals surface area contributed by atoms with E-state index in [4.69, 9.17) is 14.2 Å². The van der Waals surface area contributed by atoms with Gasteiger partial charge in [-0.1, -0.05) is 0 Å². The van der Waals surface area contributed by atoms with Crippen molar-refractivity contribution in [3.8, 4) is 11.5 Å². The van der Waals surface area contributed by atoms with Crippen LogP contribution in [0.1, 0.15) is 20.8 Å². The van der Waals surface area contributed by atoms with Gasteiger partial charge < -0.3 is 19.5 Å². The van der Waals surface area contributed by atoms with Gasteiger partial charge in [0.25, 0.3) is 0 Å². The standard InChI is InChI=1S/C15H22N2O4/c1-15(2,3)21-14(18)17-10-5-6-12(19-4)13(7-10)20-11-8-16-9-11/h5-7,11,16H,8-9H2,1-4H3,(H,17,18). The molecule has 1 aliphatic rings. The van der Waals surface area contributed by atoms with Crippen LogP contribution in [0.3, 0.4) is 0 Å². The van der Waals surface area contributed by atoms with Crippen molar-refractivity contribution in [1.82, 2.24) is 5.32 Å². The monoisotopic (exact) mass is 294 g/mol. The lowest BCUT2D eigenvalue weighted by molar-refractivity contribution is 0.0636. The van der Waals surface area contributed by atoms with Crippen LogP contribution in [-0.4, -0.2) is 38.0 Å². The normalized spacial score (nSPS) is 15.0. The van der Waals surface area contributed by atoms with E-state index in [-0.39, 0.29) is 6.10 Å². The van der Waals surface area contributed by atoms with Crippen molar-refractivity contribution in [2.24, 2.45) is 0 Å². The first-order chi connectivity index (χ1) is 9.87. The van der Waals surface area contributed by atoms with Crippen LogP contribution in [0, 0.1) is 0 Å². The first kappa shape index (κ1) is 15.4. The summed E-state index contributed by atoms with van der Waals surface area (Å²) in [7, 11) is 1.59. The molecule has 0 atom stereocenters. The van der Waals surface area contributed by atoms with E-state index in [9.17, 15) is 4.79 Å². The summed E-state index contributed by atoms with van der Waals surface area (Å²) in [4.78, 5) is 11.8. The van der Waals surface area contributed by atoms with Crippen LogP contribution < -0.4 is 20.1 Å². The number of rotatable bonds is 4. The van der Waals surface area contributed by atoms with E-state index >= 15 is 0 Å². The van der Waals surface area contributed by atoms with Gasteiger partial charge >= 0.3 is 6.09 Å². The second-order valence-electron chi connectivity index (χ2n) is 5.89. The van der Waals surface area contributed by atoms with Crippen molar-refractivity contribution < 1.29 is 19.0 Å². The first-order valence-corrected chi connectivity index (χ1v) is 6.93. The van der Waals surface area contributed by atoms with Crippen molar-refractivity contribution in [2.75, 3.05) is 25.5 Å². The minimum atomic E-state index is -0.534. The van der Waals surface area contributed by atoms with Gasteiger partial charge in [0.2, 0.25) is 0 Å². The number of anilines is 1. The van der Waals surface area contributed by atoms with E-state index in [0.29, 0.717) is 17.2 Å². The summed E-state index contributed by atoms with van der Waals surface area (Å²) in [6.07, 6.45) is -0.361. The number of ether oxygens (including phenoxy) is 3. The maximum absolute atomic E-state index is 11.8. The predicted molar refractivity (Wildman–Crippen MR) is 80.1 cm³/mol. The zero-order chi connectivity index (χ0) is 15.5. The molecule has 21 heavy (non-hydrogen) atoms. The molecule has 1 aliphatic heterocycles. The molecule has 1 fully saturated rings. The fraction of sp³-hybridized carbons (Fsp3) is 0.533. The van der Waals surface area contributed by atoms with Crippen LogP contribution in [0.5, 0.6) is 11.5 Å². The second kappa shape index (κ2) is 6.22. The Kier molecular flexibility index (Phi) is 4.57. The number of hydrogen-bond donors (Lipinski definition) is 2. The van der Waals surface area contributed by atoms with Crippen molar-refractivity contribution in [3.05, 3.63) is 18.2 Å². The molecule has 1 aromatic carbocycles. The maximum atomic E-state index is 11.8. The fourth-order valence-corrected chi connectivity index (χ4v) is 1.79. The third-order valence-electron chi connectivity index (χ3n) is 2.85. The molecule has 6 nitrogen and oxygen atoms in total. The summed E-state index contributed by atoms with van der Waals surface area (Å²) in [5.41, 5.74) is 0.0698. The van der Waals surface area contributed by atoms with Gasteiger partial charge in [0.1, 0.15) is 11.7 Å². The minimum absolute atomic E-state index is 0.135. The topological polar surface area (TPSA) is 68.8 Å². The van der Waals surface area contributed by atoms with Gasteiger partial charge in [0.05, 0.1) is 7.11 Å². The summed E-state index contributed by atoms with van der Waals surface area (Å²) in [5, 5.41) is 5.82. The van der Waals surface area contributed by atoms with Crippen molar-refractivity contribution in [3.63, 3.8) is 0 Å². The van der Waals surface area contributed by atoms with Crippen LogP contribution in [0.15, 0.2) is 18.2 Å². The fourth-order valence-electron chi connectivity index (χ4n) is 1.79. The number of hydrogen-bond acceptors (Lipinski definition) is 5. The van der Waals surface area contributed by atoms with E-state index in [1.54, 1.807) is 25.3 Å². The van der Waals surface area contributed by atoms with E-state index in [1.165, 1.54) is 0 Å². The number of methoxy groups -OCH3 is 1. The van der Waals surface area contributed by atoms with Gasteiger partial charge in [0, 0.05) is 24.8 Å². The molecule has 6 heteroatoms. The molecule has 1 saturated heterocycles. The molecule has 0 radical (unpaired) electrons. The zero-order valence-corrected chi connectivity index (χ0v) is 12.9. The molecule has 2 N–H and O–H groups in total.